The van der Waals surface area contributed by atoms with Gasteiger partial charge in [0.15, 0.2) is 5.65 Å². The number of H-pyrrole nitrogens is 1. The second-order valence-corrected chi connectivity index (χ2v) is 4.83. The molecule has 0 radical (unpaired) electrons. The van der Waals surface area contributed by atoms with Gasteiger partial charge in [-0.1, -0.05) is 13.8 Å². The maximum atomic E-state index is 11.4. The maximum absolute atomic E-state index is 11.4. The van der Waals surface area contributed by atoms with Gasteiger partial charge in [-0.05, 0) is 28.3 Å². The van der Waals surface area contributed by atoms with E-state index in [4.69, 9.17) is 0 Å². The van der Waals surface area contributed by atoms with Crippen molar-refractivity contribution in [1.82, 2.24) is 14.6 Å². The molecule has 80 valence electrons. The zero-order chi connectivity index (χ0) is 11.0. The lowest BCUT2D eigenvalue weighted by atomic mass is 10.1. The molecule has 0 spiro atoms. The molecule has 0 atom stereocenters. The predicted molar refractivity (Wildman–Crippen MR) is 62.1 cm³/mol. The van der Waals surface area contributed by atoms with Crippen LogP contribution in [0, 0.1) is 5.92 Å². The van der Waals surface area contributed by atoms with Crippen molar-refractivity contribution in [2.75, 3.05) is 0 Å². The number of hydrogen-bond acceptors (Lipinski definition) is 2. The molecule has 0 saturated carbocycles. The summed E-state index contributed by atoms with van der Waals surface area (Å²) in [5.74, 6) is 0.498. The zero-order valence-corrected chi connectivity index (χ0v) is 10.2. The number of nitrogens with one attached hydrogen (secondary N) is 1. The Labute approximate surface area is 95.4 Å². The Hall–Kier alpha value is -1.10. The third-order valence-corrected chi connectivity index (χ3v) is 2.73. The minimum atomic E-state index is -0.0839. The fraction of sp³-hybridized carbons (Fsp3) is 0.400. The van der Waals surface area contributed by atoms with E-state index < -0.39 is 0 Å². The fourth-order valence-corrected chi connectivity index (χ4v) is 1.95. The van der Waals surface area contributed by atoms with Crippen molar-refractivity contribution in [2.24, 2.45) is 5.92 Å². The third-order valence-electron chi connectivity index (χ3n) is 2.15. The summed E-state index contributed by atoms with van der Waals surface area (Å²) >= 11 is 3.35. The topological polar surface area (TPSA) is 50.2 Å². The normalized spacial score (nSPS) is 11.5. The molecule has 0 unspecified atom stereocenters. The van der Waals surface area contributed by atoms with Gasteiger partial charge in [0.05, 0.1) is 16.4 Å². The summed E-state index contributed by atoms with van der Waals surface area (Å²) < 4.78 is 2.58. The Morgan fingerprint density at radius 2 is 2.33 bits per heavy atom. The molecule has 2 aromatic rings. The molecule has 0 aromatic carbocycles. The molecule has 0 aliphatic heterocycles. The number of rotatable bonds is 2. The Morgan fingerprint density at radius 1 is 1.60 bits per heavy atom. The summed E-state index contributed by atoms with van der Waals surface area (Å²) in [7, 11) is 0. The van der Waals surface area contributed by atoms with Crippen LogP contribution in [0.3, 0.4) is 0 Å². The molecular formula is C10H12BrN3O. The summed E-state index contributed by atoms with van der Waals surface area (Å²) in [6, 6.07) is 1.60. The molecule has 15 heavy (non-hydrogen) atoms. The van der Waals surface area contributed by atoms with E-state index in [2.05, 4.69) is 39.9 Å². The Bertz CT molecular complexity index is 541. The van der Waals surface area contributed by atoms with E-state index in [9.17, 15) is 4.79 Å². The average Bonchev–Trinajstić information content (AvgIpc) is 2.47. The van der Waals surface area contributed by atoms with Gasteiger partial charge >= 0.3 is 0 Å². The highest BCUT2D eigenvalue weighted by Gasteiger charge is 2.08. The Balaban J connectivity index is 2.67. The first kappa shape index (κ1) is 10.4. The SMILES string of the molecule is CC(C)Cc1cc(=O)[nH]c2c(Br)cnn12. The molecule has 0 bridgehead atoms. The lowest BCUT2D eigenvalue weighted by Gasteiger charge is -2.06. The number of aromatic nitrogens is 3. The van der Waals surface area contributed by atoms with E-state index in [1.54, 1.807) is 16.8 Å². The molecule has 2 rings (SSSR count). The highest BCUT2D eigenvalue weighted by molar-refractivity contribution is 9.10. The van der Waals surface area contributed by atoms with Gasteiger partial charge in [-0.3, -0.25) is 4.79 Å². The van der Waals surface area contributed by atoms with E-state index in [-0.39, 0.29) is 5.56 Å². The van der Waals surface area contributed by atoms with Crippen LogP contribution in [0.25, 0.3) is 5.65 Å². The van der Waals surface area contributed by atoms with Crippen molar-refractivity contribution in [3.8, 4) is 0 Å². The first-order valence-electron chi connectivity index (χ1n) is 4.83. The van der Waals surface area contributed by atoms with Crippen molar-refractivity contribution in [3.05, 3.63) is 32.8 Å². The minimum absolute atomic E-state index is 0.0839. The summed E-state index contributed by atoms with van der Waals surface area (Å²) in [6.07, 6.45) is 2.53. The highest BCUT2D eigenvalue weighted by Crippen LogP contribution is 2.16. The first-order valence-corrected chi connectivity index (χ1v) is 5.62. The van der Waals surface area contributed by atoms with Gasteiger partial charge in [0.2, 0.25) is 0 Å². The van der Waals surface area contributed by atoms with Gasteiger partial charge in [-0.2, -0.15) is 5.10 Å². The van der Waals surface area contributed by atoms with Crippen LogP contribution in [0.1, 0.15) is 19.5 Å². The number of halogens is 1. The van der Waals surface area contributed by atoms with E-state index in [1.165, 1.54) is 0 Å². The van der Waals surface area contributed by atoms with E-state index >= 15 is 0 Å². The van der Waals surface area contributed by atoms with Crippen LogP contribution in [0.5, 0.6) is 0 Å². The Morgan fingerprint density at radius 3 is 3.00 bits per heavy atom. The molecule has 0 aliphatic carbocycles. The number of fused-ring (bicyclic) bond motifs is 1. The van der Waals surface area contributed by atoms with Crippen molar-refractivity contribution < 1.29 is 0 Å². The predicted octanol–water partition coefficient (Wildman–Crippen LogP) is 1.98. The van der Waals surface area contributed by atoms with Gasteiger partial charge in [-0.15, -0.1) is 0 Å². The fourth-order valence-electron chi connectivity index (χ4n) is 1.59. The van der Waals surface area contributed by atoms with Crippen molar-refractivity contribution >= 4 is 21.6 Å². The molecule has 5 heteroatoms. The van der Waals surface area contributed by atoms with Gasteiger partial charge < -0.3 is 4.98 Å². The summed E-state index contributed by atoms with van der Waals surface area (Å²) in [4.78, 5) is 14.2. The summed E-state index contributed by atoms with van der Waals surface area (Å²) in [5.41, 5.74) is 1.58. The van der Waals surface area contributed by atoms with Gasteiger partial charge in [0.1, 0.15) is 0 Å². The van der Waals surface area contributed by atoms with Crippen molar-refractivity contribution in [1.29, 1.82) is 0 Å². The molecule has 1 N–H and O–H groups in total. The molecule has 0 aliphatic rings. The monoisotopic (exact) mass is 269 g/mol. The molecular weight excluding hydrogens is 258 g/mol. The number of hydrogen-bond donors (Lipinski definition) is 1. The summed E-state index contributed by atoms with van der Waals surface area (Å²) in [6.45, 7) is 4.23. The van der Waals surface area contributed by atoms with Crippen LogP contribution in [-0.2, 0) is 6.42 Å². The number of aromatic amines is 1. The van der Waals surface area contributed by atoms with E-state index in [0.29, 0.717) is 5.92 Å². The average molecular weight is 270 g/mol. The molecule has 0 fully saturated rings. The second-order valence-electron chi connectivity index (χ2n) is 3.98. The number of nitrogens with zero attached hydrogens (tertiary/aromatic N) is 2. The molecule has 0 saturated heterocycles. The highest BCUT2D eigenvalue weighted by atomic mass is 79.9. The lowest BCUT2D eigenvalue weighted by molar-refractivity contribution is 0.618. The largest absolute Gasteiger partial charge is 0.306 e. The van der Waals surface area contributed by atoms with Crippen molar-refractivity contribution in [3.63, 3.8) is 0 Å². The van der Waals surface area contributed by atoms with Gasteiger partial charge in [0, 0.05) is 6.07 Å². The van der Waals surface area contributed by atoms with Crippen LogP contribution in [0.2, 0.25) is 0 Å². The molecule has 2 heterocycles. The lowest BCUT2D eigenvalue weighted by Crippen LogP contribution is -2.13. The van der Waals surface area contributed by atoms with E-state index in [0.717, 1.165) is 22.2 Å². The third kappa shape index (κ3) is 1.97. The smallest absolute Gasteiger partial charge is 0.251 e. The first-order chi connectivity index (χ1) is 7.08. The Kier molecular flexibility index (Phi) is 2.65. The van der Waals surface area contributed by atoms with Gasteiger partial charge in [0.25, 0.3) is 5.56 Å². The van der Waals surface area contributed by atoms with E-state index in [1.807, 2.05) is 0 Å². The minimum Gasteiger partial charge on any atom is -0.306 e. The molecule has 2 aromatic heterocycles. The molecule has 4 nitrogen and oxygen atoms in total. The van der Waals surface area contributed by atoms with Crippen LogP contribution in [0.15, 0.2) is 21.5 Å². The second kappa shape index (κ2) is 3.81. The van der Waals surface area contributed by atoms with Gasteiger partial charge in [-0.25, -0.2) is 4.52 Å². The van der Waals surface area contributed by atoms with Crippen LogP contribution < -0.4 is 5.56 Å². The maximum Gasteiger partial charge on any atom is 0.251 e. The molecule has 0 amide bonds. The quantitative estimate of drug-likeness (QED) is 0.907. The van der Waals surface area contributed by atoms with Crippen LogP contribution >= 0.6 is 15.9 Å². The summed E-state index contributed by atoms with van der Waals surface area (Å²) in [5, 5.41) is 4.21. The standard InChI is InChI=1S/C10H12BrN3O/c1-6(2)3-7-4-9(15)13-10-8(11)5-12-14(7)10/h4-6H,3H2,1-2H3,(H,13,15). The van der Waals surface area contributed by atoms with Crippen molar-refractivity contribution in [2.45, 2.75) is 20.3 Å². The van der Waals surface area contributed by atoms with Crippen LogP contribution in [0.4, 0.5) is 0 Å². The zero-order valence-electron chi connectivity index (χ0n) is 8.62. The van der Waals surface area contributed by atoms with Crippen LogP contribution in [-0.4, -0.2) is 14.6 Å².